The van der Waals surface area contributed by atoms with Gasteiger partial charge < -0.3 is 10.2 Å². The Balaban J connectivity index is 1.07. The first-order valence-electron chi connectivity index (χ1n) is 12.2. The zero-order chi connectivity index (χ0) is 22.3. The van der Waals surface area contributed by atoms with E-state index < -0.39 is 0 Å². The molecule has 7 heteroatoms. The van der Waals surface area contributed by atoms with E-state index in [1.807, 2.05) is 0 Å². The van der Waals surface area contributed by atoms with Crippen LogP contribution in [0.3, 0.4) is 0 Å². The fourth-order valence-corrected chi connectivity index (χ4v) is 5.29. The maximum absolute atomic E-state index is 12.5. The molecule has 2 aliphatic heterocycles. The van der Waals surface area contributed by atoms with Crippen LogP contribution in [0.15, 0.2) is 30.3 Å². The Bertz CT molecular complexity index is 768. The fourth-order valence-electron chi connectivity index (χ4n) is 5.29. The van der Waals surface area contributed by atoms with Gasteiger partial charge in [-0.15, -0.1) is 0 Å². The molecule has 1 aliphatic carbocycles. The Kier molecular flexibility index (Phi) is 7.92. The molecule has 0 radical (unpaired) electrons. The maximum Gasteiger partial charge on any atom is 0.240 e. The summed E-state index contributed by atoms with van der Waals surface area (Å²) in [7, 11) is 0. The van der Waals surface area contributed by atoms with Crippen molar-refractivity contribution in [3.8, 4) is 0 Å². The molecule has 2 heterocycles. The van der Waals surface area contributed by atoms with E-state index in [0.717, 1.165) is 77.8 Å². The molecule has 0 aromatic heterocycles. The molecule has 7 nitrogen and oxygen atoms in total. The number of piperazine rings is 1. The monoisotopic (exact) mass is 440 g/mol. The summed E-state index contributed by atoms with van der Waals surface area (Å²) < 4.78 is 0. The van der Waals surface area contributed by atoms with E-state index in [1.54, 1.807) is 0 Å². The normalized spacial score (nSPS) is 24.6. The van der Waals surface area contributed by atoms with Gasteiger partial charge in [-0.3, -0.25) is 24.2 Å². The van der Waals surface area contributed by atoms with Gasteiger partial charge in [-0.1, -0.05) is 43.2 Å². The van der Waals surface area contributed by atoms with E-state index >= 15 is 0 Å². The molecule has 1 aromatic rings. The van der Waals surface area contributed by atoms with Crippen molar-refractivity contribution in [1.82, 2.24) is 20.0 Å². The van der Waals surface area contributed by atoms with Gasteiger partial charge in [0.25, 0.3) is 0 Å². The highest BCUT2D eigenvalue weighted by Gasteiger charge is 2.48. The summed E-state index contributed by atoms with van der Waals surface area (Å²) in [6.07, 6.45) is 5.51. The summed E-state index contributed by atoms with van der Waals surface area (Å²) >= 11 is 0. The third kappa shape index (κ3) is 5.75. The first kappa shape index (κ1) is 22.9. The van der Waals surface area contributed by atoms with E-state index in [4.69, 9.17) is 0 Å². The molecule has 32 heavy (non-hydrogen) atoms. The number of rotatable bonds is 9. The van der Waals surface area contributed by atoms with Crippen LogP contribution in [-0.4, -0.2) is 78.2 Å². The molecule has 3 amide bonds. The van der Waals surface area contributed by atoms with Gasteiger partial charge in [-0.25, -0.2) is 0 Å². The smallest absolute Gasteiger partial charge is 0.240 e. The second-order valence-corrected chi connectivity index (χ2v) is 9.42. The third-order valence-electron chi connectivity index (χ3n) is 7.17. The molecule has 174 valence electrons. The molecule has 3 aliphatic rings. The number of amides is 3. The second kappa shape index (κ2) is 11.1. The molecular formula is C25H36N4O3. The van der Waals surface area contributed by atoms with Crippen molar-refractivity contribution in [3.63, 3.8) is 0 Å². The van der Waals surface area contributed by atoms with E-state index in [0.29, 0.717) is 6.54 Å². The highest BCUT2D eigenvalue weighted by molar-refractivity contribution is 6.07. The molecule has 4 rings (SSSR count). The highest BCUT2D eigenvalue weighted by atomic mass is 16.2. The number of carbonyl (C=O) groups is 3. The predicted octanol–water partition coefficient (Wildman–Crippen LogP) is 1.88. The molecule has 2 unspecified atom stereocenters. The zero-order valence-corrected chi connectivity index (χ0v) is 19.0. The van der Waals surface area contributed by atoms with Crippen LogP contribution in [-0.2, 0) is 20.9 Å². The molecule has 3 fully saturated rings. The van der Waals surface area contributed by atoms with Crippen LogP contribution in [0.1, 0.15) is 44.1 Å². The largest absolute Gasteiger partial charge is 0.355 e. The Hall–Kier alpha value is -2.25. The van der Waals surface area contributed by atoms with E-state index in [-0.39, 0.29) is 36.1 Å². The Morgan fingerprint density at radius 2 is 1.50 bits per heavy atom. The van der Waals surface area contributed by atoms with Crippen molar-refractivity contribution < 1.29 is 14.4 Å². The highest BCUT2D eigenvalue weighted by Crippen LogP contribution is 2.37. The molecule has 0 spiro atoms. The summed E-state index contributed by atoms with van der Waals surface area (Å²) in [6, 6.07) is 10.6. The van der Waals surface area contributed by atoms with Crippen LogP contribution < -0.4 is 5.32 Å². The summed E-state index contributed by atoms with van der Waals surface area (Å²) in [4.78, 5) is 43.4. The van der Waals surface area contributed by atoms with E-state index in [2.05, 4.69) is 45.4 Å². The zero-order valence-electron chi connectivity index (χ0n) is 19.0. The maximum atomic E-state index is 12.5. The van der Waals surface area contributed by atoms with Gasteiger partial charge in [0.05, 0.1) is 11.8 Å². The lowest BCUT2D eigenvalue weighted by atomic mass is 9.81. The van der Waals surface area contributed by atoms with Crippen LogP contribution in [0.2, 0.25) is 0 Å². The van der Waals surface area contributed by atoms with Gasteiger partial charge in [-0.2, -0.15) is 0 Å². The standard InChI is InChI=1S/C25H36N4O3/c30-23(19-29-24(31)21-10-4-5-11-22(21)25(29)32)26-12-6-7-13-27-14-16-28(17-15-27)18-20-8-2-1-3-9-20/h1-3,8-9,21-22H,4-7,10-19H2,(H,26,30). The number of likely N-dealkylation sites (tertiary alicyclic amines) is 1. The molecule has 2 saturated heterocycles. The average molecular weight is 441 g/mol. The quantitative estimate of drug-likeness (QED) is 0.469. The van der Waals surface area contributed by atoms with Gasteiger partial charge in [0.15, 0.2) is 0 Å². The minimum Gasteiger partial charge on any atom is -0.355 e. The number of carbonyl (C=O) groups excluding carboxylic acids is 3. The van der Waals surface area contributed by atoms with Crippen molar-refractivity contribution in [1.29, 1.82) is 0 Å². The lowest BCUT2D eigenvalue weighted by molar-refractivity contribution is -0.143. The molecule has 2 atom stereocenters. The number of imide groups is 1. The van der Waals surface area contributed by atoms with Crippen LogP contribution >= 0.6 is 0 Å². The van der Waals surface area contributed by atoms with Gasteiger partial charge in [0.2, 0.25) is 17.7 Å². The summed E-state index contributed by atoms with van der Waals surface area (Å²) in [5.41, 5.74) is 1.37. The average Bonchev–Trinajstić information content (AvgIpc) is 3.06. The Morgan fingerprint density at radius 3 is 2.16 bits per heavy atom. The minimum absolute atomic E-state index is 0.117. The molecule has 1 aromatic carbocycles. The van der Waals surface area contributed by atoms with Crippen LogP contribution in [0.4, 0.5) is 0 Å². The van der Waals surface area contributed by atoms with Gasteiger partial charge in [0.1, 0.15) is 6.54 Å². The summed E-state index contributed by atoms with van der Waals surface area (Å²) in [5, 5.41) is 2.89. The topological polar surface area (TPSA) is 73.0 Å². The van der Waals surface area contributed by atoms with Gasteiger partial charge in [0, 0.05) is 39.3 Å². The lowest BCUT2D eigenvalue weighted by Gasteiger charge is -2.34. The predicted molar refractivity (Wildman–Crippen MR) is 123 cm³/mol. The van der Waals surface area contributed by atoms with Crippen molar-refractivity contribution in [2.24, 2.45) is 11.8 Å². The van der Waals surface area contributed by atoms with Gasteiger partial charge >= 0.3 is 0 Å². The number of unbranched alkanes of at least 4 members (excludes halogenated alkanes) is 1. The number of nitrogens with zero attached hydrogens (tertiary/aromatic N) is 3. The van der Waals surface area contributed by atoms with E-state index in [1.165, 1.54) is 10.5 Å². The first-order chi connectivity index (χ1) is 15.6. The Labute approximate surface area is 191 Å². The van der Waals surface area contributed by atoms with Crippen molar-refractivity contribution in [2.45, 2.75) is 45.1 Å². The molecule has 1 saturated carbocycles. The lowest BCUT2D eigenvalue weighted by Crippen LogP contribution is -2.46. The number of hydrogen-bond donors (Lipinski definition) is 1. The number of benzene rings is 1. The van der Waals surface area contributed by atoms with E-state index in [9.17, 15) is 14.4 Å². The summed E-state index contributed by atoms with van der Waals surface area (Å²) in [6.45, 7) is 6.88. The van der Waals surface area contributed by atoms with Crippen LogP contribution in [0, 0.1) is 11.8 Å². The van der Waals surface area contributed by atoms with Crippen LogP contribution in [0.25, 0.3) is 0 Å². The van der Waals surface area contributed by atoms with Crippen molar-refractivity contribution >= 4 is 17.7 Å². The molecule has 0 bridgehead atoms. The summed E-state index contributed by atoms with van der Waals surface area (Å²) in [5.74, 6) is -0.864. The van der Waals surface area contributed by atoms with Crippen LogP contribution in [0.5, 0.6) is 0 Å². The van der Waals surface area contributed by atoms with Crippen molar-refractivity contribution in [3.05, 3.63) is 35.9 Å². The number of fused-ring (bicyclic) bond motifs is 1. The molecular weight excluding hydrogens is 404 g/mol. The fraction of sp³-hybridized carbons (Fsp3) is 0.640. The third-order valence-corrected chi connectivity index (χ3v) is 7.17. The van der Waals surface area contributed by atoms with Gasteiger partial charge in [-0.05, 0) is 37.8 Å². The Morgan fingerprint density at radius 1 is 0.875 bits per heavy atom. The van der Waals surface area contributed by atoms with Crippen molar-refractivity contribution in [2.75, 3.05) is 45.8 Å². The second-order valence-electron chi connectivity index (χ2n) is 9.42. The SMILES string of the molecule is O=C(CN1C(=O)C2CCCCC2C1=O)NCCCCN1CCN(Cc2ccccc2)CC1. The molecule has 1 N–H and O–H groups in total. The first-order valence-corrected chi connectivity index (χ1v) is 12.2. The minimum atomic E-state index is -0.222. The number of hydrogen-bond acceptors (Lipinski definition) is 5. The number of nitrogens with one attached hydrogen (secondary N) is 1.